The topological polar surface area (TPSA) is 81.2 Å². The normalized spacial score (nSPS) is 12.0. The average Bonchev–Trinajstić information content (AvgIpc) is 3.17. The van der Waals surface area contributed by atoms with Gasteiger partial charge in [-0.2, -0.15) is 0 Å². The molecule has 0 aliphatic rings. The molecule has 5 nitrogen and oxygen atoms in total. The largest absolute Gasteiger partial charge is 0.459 e. The third-order valence-electron chi connectivity index (χ3n) is 4.84. The van der Waals surface area contributed by atoms with Crippen LogP contribution in [0.4, 0.5) is 0 Å². The molecule has 0 bridgehead atoms. The predicted molar refractivity (Wildman–Crippen MR) is 113 cm³/mol. The van der Waals surface area contributed by atoms with E-state index in [1.807, 2.05) is 66.7 Å². The Morgan fingerprint density at radius 1 is 1.03 bits per heavy atom. The van der Waals surface area contributed by atoms with Crippen molar-refractivity contribution in [1.82, 2.24) is 10.3 Å². The summed E-state index contributed by atoms with van der Waals surface area (Å²) >= 11 is 0. The third-order valence-corrected chi connectivity index (χ3v) is 4.84. The maximum atomic E-state index is 12.9. The summed E-state index contributed by atoms with van der Waals surface area (Å²) in [6.07, 6.45) is 4.55. The molecule has 0 radical (unpaired) electrons. The molecule has 4 aromatic rings. The molecular weight excluding hydrogens is 362 g/mol. The number of hydrogen-bond donors (Lipinski definition) is 2. The number of amides is 1. The molecule has 1 atom stereocenters. The first-order valence-electron chi connectivity index (χ1n) is 9.68. The van der Waals surface area contributed by atoms with Gasteiger partial charge >= 0.3 is 0 Å². The molecule has 0 fully saturated rings. The van der Waals surface area contributed by atoms with Gasteiger partial charge in [0.15, 0.2) is 0 Å². The number of hydrogen-bond acceptors (Lipinski definition) is 4. The fourth-order valence-corrected chi connectivity index (χ4v) is 3.47. The monoisotopic (exact) mass is 385 g/mol. The van der Waals surface area contributed by atoms with Gasteiger partial charge in [-0.1, -0.05) is 48.5 Å². The summed E-state index contributed by atoms with van der Waals surface area (Å²) < 4.78 is 6.03. The second-order valence-corrected chi connectivity index (χ2v) is 7.01. The van der Waals surface area contributed by atoms with E-state index in [2.05, 4.69) is 10.3 Å². The van der Waals surface area contributed by atoms with Crippen LogP contribution in [0, 0.1) is 0 Å². The highest BCUT2D eigenvalue weighted by molar-refractivity contribution is 5.81. The molecule has 0 spiro atoms. The number of carbonyl (C=O) groups is 1. The highest BCUT2D eigenvalue weighted by Crippen LogP contribution is 2.28. The summed E-state index contributed by atoms with van der Waals surface area (Å²) in [5, 5.41) is 4.11. The van der Waals surface area contributed by atoms with Crippen LogP contribution in [-0.2, 0) is 17.6 Å². The first-order valence-corrected chi connectivity index (χ1v) is 9.68. The molecular formula is C24H23N3O2. The molecule has 0 saturated heterocycles. The molecule has 5 heteroatoms. The van der Waals surface area contributed by atoms with Crippen molar-refractivity contribution in [1.29, 1.82) is 0 Å². The van der Waals surface area contributed by atoms with E-state index in [-0.39, 0.29) is 12.3 Å². The van der Waals surface area contributed by atoms with Crippen LogP contribution in [0.15, 0.2) is 83.5 Å². The second-order valence-electron chi connectivity index (χ2n) is 7.01. The van der Waals surface area contributed by atoms with E-state index in [1.54, 1.807) is 12.4 Å². The van der Waals surface area contributed by atoms with Crippen LogP contribution in [0.3, 0.4) is 0 Å². The molecule has 2 aromatic carbocycles. The van der Waals surface area contributed by atoms with Crippen LogP contribution in [0.25, 0.3) is 11.0 Å². The lowest BCUT2D eigenvalue weighted by Crippen LogP contribution is -2.30. The van der Waals surface area contributed by atoms with Crippen LogP contribution >= 0.6 is 0 Å². The van der Waals surface area contributed by atoms with Gasteiger partial charge in [0.25, 0.3) is 0 Å². The van der Waals surface area contributed by atoms with Crippen molar-refractivity contribution in [3.05, 3.63) is 102 Å². The number of rotatable bonds is 7. The van der Waals surface area contributed by atoms with Crippen molar-refractivity contribution in [2.75, 3.05) is 6.54 Å². The summed E-state index contributed by atoms with van der Waals surface area (Å²) in [5.41, 5.74) is 9.41. The molecule has 2 heterocycles. The fraction of sp³-hybridized carbons (Fsp3) is 0.167. The maximum absolute atomic E-state index is 12.9. The summed E-state index contributed by atoms with van der Waals surface area (Å²) in [7, 11) is 0. The van der Waals surface area contributed by atoms with Crippen molar-refractivity contribution < 1.29 is 9.21 Å². The summed E-state index contributed by atoms with van der Waals surface area (Å²) in [4.78, 5) is 17.1. The zero-order valence-electron chi connectivity index (χ0n) is 16.0. The molecule has 0 aliphatic heterocycles. The molecule has 0 aliphatic carbocycles. The van der Waals surface area contributed by atoms with Gasteiger partial charge in [0.05, 0.1) is 6.42 Å². The smallest absolute Gasteiger partial charge is 0.225 e. The third kappa shape index (κ3) is 4.52. The fourth-order valence-electron chi connectivity index (χ4n) is 3.47. The van der Waals surface area contributed by atoms with Crippen LogP contribution in [0.2, 0.25) is 0 Å². The highest BCUT2D eigenvalue weighted by Gasteiger charge is 2.21. The van der Waals surface area contributed by atoms with E-state index in [1.165, 1.54) is 0 Å². The maximum Gasteiger partial charge on any atom is 0.225 e. The van der Waals surface area contributed by atoms with E-state index in [0.29, 0.717) is 12.3 Å². The molecule has 4 rings (SSSR count). The minimum atomic E-state index is -0.407. The lowest BCUT2D eigenvalue weighted by atomic mass is 10.0. The number of pyridine rings is 1. The Kier molecular flexibility index (Phi) is 5.68. The SMILES string of the molecule is NCCc1cccc(CC(=O)NC(c2cccnc2)c2cc3ccccc3o2)c1. The number of carbonyl (C=O) groups excluding carboxylic acids is 1. The van der Waals surface area contributed by atoms with E-state index in [0.717, 1.165) is 34.1 Å². The van der Waals surface area contributed by atoms with E-state index >= 15 is 0 Å². The summed E-state index contributed by atoms with van der Waals surface area (Å²) in [6.45, 7) is 0.588. The minimum absolute atomic E-state index is 0.0794. The minimum Gasteiger partial charge on any atom is -0.459 e. The Morgan fingerprint density at radius 3 is 2.69 bits per heavy atom. The summed E-state index contributed by atoms with van der Waals surface area (Å²) in [5.74, 6) is 0.605. The molecule has 2 aromatic heterocycles. The molecule has 146 valence electrons. The van der Waals surface area contributed by atoms with Crippen molar-refractivity contribution >= 4 is 16.9 Å². The number of nitrogens with one attached hydrogen (secondary N) is 1. The Hall–Kier alpha value is -3.44. The Bertz CT molecular complexity index is 1070. The van der Waals surface area contributed by atoms with E-state index in [9.17, 15) is 4.79 Å². The van der Waals surface area contributed by atoms with Crippen molar-refractivity contribution in [2.24, 2.45) is 5.73 Å². The standard InChI is InChI=1S/C24H23N3O2/c25-11-10-17-5-3-6-18(13-17)14-23(28)27-24(20-8-4-12-26-16-20)22-15-19-7-1-2-9-21(19)29-22/h1-9,12-13,15-16,24H,10-11,14,25H2,(H,27,28). The lowest BCUT2D eigenvalue weighted by Gasteiger charge is -2.17. The van der Waals surface area contributed by atoms with E-state index in [4.69, 9.17) is 10.2 Å². The van der Waals surface area contributed by atoms with Gasteiger partial charge in [-0.05, 0) is 42.3 Å². The number of nitrogens with zero attached hydrogens (tertiary/aromatic N) is 1. The molecule has 0 saturated carbocycles. The van der Waals surface area contributed by atoms with Gasteiger partial charge in [0, 0.05) is 23.3 Å². The number of aromatic nitrogens is 1. The number of furan rings is 1. The number of nitrogens with two attached hydrogens (primary N) is 1. The highest BCUT2D eigenvalue weighted by atomic mass is 16.3. The van der Waals surface area contributed by atoms with Gasteiger partial charge in [-0.15, -0.1) is 0 Å². The van der Waals surface area contributed by atoms with Crippen LogP contribution < -0.4 is 11.1 Å². The Labute approximate surface area is 169 Å². The van der Waals surface area contributed by atoms with Crippen molar-refractivity contribution in [3.8, 4) is 0 Å². The zero-order chi connectivity index (χ0) is 20.1. The van der Waals surface area contributed by atoms with Gasteiger partial charge in [-0.3, -0.25) is 9.78 Å². The van der Waals surface area contributed by atoms with Crippen molar-refractivity contribution in [2.45, 2.75) is 18.9 Å². The van der Waals surface area contributed by atoms with Crippen LogP contribution in [0.1, 0.15) is 28.5 Å². The van der Waals surface area contributed by atoms with Gasteiger partial charge < -0.3 is 15.5 Å². The average molecular weight is 385 g/mol. The quantitative estimate of drug-likeness (QED) is 0.507. The predicted octanol–water partition coefficient (Wildman–Crippen LogP) is 3.78. The first-order chi connectivity index (χ1) is 14.2. The Morgan fingerprint density at radius 2 is 1.90 bits per heavy atom. The first kappa shape index (κ1) is 18.9. The molecule has 1 unspecified atom stereocenters. The zero-order valence-corrected chi connectivity index (χ0v) is 16.0. The number of para-hydroxylation sites is 1. The molecule has 29 heavy (non-hydrogen) atoms. The Balaban J connectivity index is 1.58. The number of benzene rings is 2. The molecule has 3 N–H and O–H groups in total. The molecule has 1 amide bonds. The van der Waals surface area contributed by atoms with Gasteiger partial charge in [0.2, 0.25) is 5.91 Å². The lowest BCUT2D eigenvalue weighted by molar-refractivity contribution is -0.121. The second kappa shape index (κ2) is 8.71. The van der Waals surface area contributed by atoms with E-state index < -0.39 is 6.04 Å². The van der Waals surface area contributed by atoms with Gasteiger partial charge in [-0.25, -0.2) is 0 Å². The van der Waals surface area contributed by atoms with Crippen molar-refractivity contribution in [3.63, 3.8) is 0 Å². The van der Waals surface area contributed by atoms with Gasteiger partial charge in [0.1, 0.15) is 17.4 Å². The van der Waals surface area contributed by atoms with Crippen LogP contribution in [0.5, 0.6) is 0 Å². The summed E-state index contributed by atoms with van der Waals surface area (Å²) in [6, 6.07) is 21.2. The number of fused-ring (bicyclic) bond motifs is 1. The van der Waals surface area contributed by atoms with Crippen LogP contribution in [-0.4, -0.2) is 17.4 Å².